The van der Waals surface area contributed by atoms with E-state index >= 15 is 0 Å². The second-order valence-corrected chi connectivity index (χ2v) is 2.74. The zero-order valence-electron chi connectivity index (χ0n) is 7.95. The van der Waals surface area contributed by atoms with Crippen molar-refractivity contribution in [2.24, 2.45) is 0 Å². The Morgan fingerprint density at radius 3 is 2.23 bits per heavy atom. The monoisotopic (exact) mass is 184 g/mol. The Hall–Kier alpha value is -1.09. The van der Waals surface area contributed by atoms with Gasteiger partial charge in [-0.05, 0) is 6.92 Å². The summed E-state index contributed by atoms with van der Waals surface area (Å²) in [5.74, 6) is -0.616. The summed E-state index contributed by atoms with van der Waals surface area (Å²) in [4.78, 5) is 11.3. The summed E-state index contributed by atoms with van der Waals surface area (Å²) in [6.07, 6.45) is 3.33. The van der Waals surface area contributed by atoms with Gasteiger partial charge in [-0.25, -0.2) is 4.79 Å². The van der Waals surface area contributed by atoms with Crippen LogP contribution in [0.3, 0.4) is 0 Å². The van der Waals surface area contributed by atoms with Gasteiger partial charge >= 0.3 is 5.97 Å². The molecule has 0 atom stereocenters. The van der Waals surface area contributed by atoms with Gasteiger partial charge in [0.15, 0.2) is 5.60 Å². The molecule has 0 unspecified atom stereocenters. The number of ether oxygens (including phenoxy) is 1. The Kier molecular flexibility index (Phi) is 5.07. The summed E-state index contributed by atoms with van der Waals surface area (Å²) in [6, 6.07) is 0. The number of esters is 1. The average Bonchev–Trinajstić information content (AvgIpc) is 2.05. The molecule has 0 aliphatic heterocycles. The molecule has 1 N–H and O–H groups in total. The van der Waals surface area contributed by atoms with E-state index < -0.39 is 11.6 Å². The van der Waals surface area contributed by atoms with Crippen molar-refractivity contribution in [3.8, 4) is 0 Å². The van der Waals surface area contributed by atoms with Crippen LogP contribution in [0.2, 0.25) is 0 Å². The van der Waals surface area contributed by atoms with Crippen LogP contribution in [0, 0.1) is 0 Å². The molecule has 13 heavy (non-hydrogen) atoms. The van der Waals surface area contributed by atoms with Crippen molar-refractivity contribution in [2.45, 2.75) is 25.4 Å². The van der Waals surface area contributed by atoms with Gasteiger partial charge in [0.2, 0.25) is 0 Å². The third-order valence-corrected chi connectivity index (χ3v) is 1.62. The van der Waals surface area contributed by atoms with Crippen molar-refractivity contribution >= 4 is 5.97 Å². The summed E-state index contributed by atoms with van der Waals surface area (Å²) in [7, 11) is 0. The summed E-state index contributed by atoms with van der Waals surface area (Å²) in [5.41, 5.74) is -1.49. The first kappa shape index (κ1) is 11.9. The first-order valence-corrected chi connectivity index (χ1v) is 4.22. The van der Waals surface area contributed by atoms with E-state index in [0.29, 0.717) is 0 Å². The predicted molar refractivity (Wildman–Crippen MR) is 51.2 cm³/mol. The number of rotatable bonds is 6. The largest absolute Gasteiger partial charge is 0.464 e. The Labute approximate surface area is 78.7 Å². The van der Waals surface area contributed by atoms with Crippen LogP contribution in [-0.4, -0.2) is 23.3 Å². The highest BCUT2D eigenvalue weighted by Gasteiger charge is 2.34. The molecule has 0 fully saturated rings. The third-order valence-electron chi connectivity index (χ3n) is 1.62. The van der Waals surface area contributed by atoms with Crippen LogP contribution in [0.1, 0.15) is 19.8 Å². The molecule has 0 spiro atoms. The second-order valence-electron chi connectivity index (χ2n) is 2.74. The zero-order valence-corrected chi connectivity index (χ0v) is 7.95. The average molecular weight is 184 g/mol. The lowest BCUT2D eigenvalue weighted by Crippen LogP contribution is -2.39. The maximum absolute atomic E-state index is 11.3. The van der Waals surface area contributed by atoms with Gasteiger partial charge in [-0.15, -0.1) is 13.2 Å². The van der Waals surface area contributed by atoms with Crippen molar-refractivity contribution in [3.05, 3.63) is 25.3 Å². The van der Waals surface area contributed by atoms with Crippen molar-refractivity contribution in [3.63, 3.8) is 0 Å². The van der Waals surface area contributed by atoms with Gasteiger partial charge in [0.1, 0.15) is 0 Å². The molecule has 0 amide bonds. The number of aliphatic hydroxyl groups is 1. The molecular formula is C10H16O3. The van der Waals surface area contributed by atoms with Crippen LogP contribution in [-0.2, 0) is 9.53 Å². The van der Waals surface area contributed by atoms with Crippen molar-refractivity contribution in [1.29, 1.82) is 0 Å². The molecule has 3 nitrogen and oxygen atoms in total. The summed E-state index contributed by atoms with van der Waals surface area (Å²) >= 11 is 0. The van der Waals surface area contributed by atoms with Crippen molar-refractivity contribution in [2.75, 3.05) is 6.61 Å². The Balaban J connectivity index is 4.44. The first-order valence-electron chi connectivity index (χ1n) is 4.22. The minimum atomic E-state index is -1.49. The van der Waals surface area contributed by atoms with Gasteiger partial charge in [-0.1, -0.05) is 12.2 Å². The van der Waals surface area contributed by atoms with Gasteiger partial charge in [-0.2, -0.15) is 0 Å². The SMILES string of the molecule is C=CCC(O)(CC=C)C(=O)OCC. The molecule has 0 aromatic rings. The molecule has 0 radical (unpaired) electrons. The quantitative estimate of drug-likeness (QED) is 0.502. The molecule has 0 rings (SSSR count). The minimum Gasteiger partial charge on any atom is -0.464 e. The maximum Gasteiger partial charge on any atom is 0.338 e. The van der Waals surface area contributed by atoms with E-state index in [9.17, 15) is 9.90 Å². The van der Waals surface area contributed by atoms with E-state index in [1.807, 2.05) is 0 Å². The maximum atomic E-state index is 11.3. The zero-order chi connectivity index (χ0) is 10.3. The van der Waals surface area contributed by atoms with Crippen molar-refractivity contribution < 1.29 is 14.6 Å². The second kappa shape index (κ2) is 5.54. The van der Waals surface area contributed by atoms with Crippen LogP contribution in [0.25, 0.3) is 0 Å². The fraction of sp³-hybridized carbons (Fsp3) is 0.500. The van der Waals surface area contributed by atoms with Gasteiger partial charge in [0.05, 0.1) is 6.61 Å². The van der Waals surface area contributed by atoms with Crippen LogP contribution >= 0.6 is 0 Å². The lowest BCUT2D eigenvalue weighted by Gasteiger charge is -2.22. The minimum absolute atomic E-state index is 0.178. The highest BCUT2D eigenvalue weighted by atomic mass is 16.5. The molecule has 0 aromatic carbocycles. The standard InChI is InChI=1S/C10H16O3/c1-4-7-10(12,8-5-2)9(11)13-6-3/h4-5,12H,1-2,6-8H2,3H3. The Morgan fingerprint density at radius 2 is 1.92 bits per heavy atom. The van der Waals surface area contributed by atoms with E-state index in [4.69, 9.17) is 4.74 Å². The molecule has 0 bridgehead atoms. The molecule has 0 saturated carbocycles. The predicted octanol–water partition coefficient (Wildman–Crippen LogP) is 1.43. The molecule has 74 valence electrons. The van der Waals surface area contributed by atoms with Crippen LogP contribution < -0.4 is 0 Å². The summed E-state index contributed by atoms with van der Waals surface area (Å²) in [5, 5.41) is 9.79. The van der Waals surface area contributed by atoms with Crippen molar-refractivity contribution in [1.82, 2.24) is 0 Å². The van der Waals surface area contributed by atoms with Gasteiger partial charge < -0.3 is 9.84 Å². The van der Waals surface area contributed by atoms with E-state index in [-0.39, 0.29) is 19.4 Å². The third kappa shape index (κ3) is 3.42. The smallest absolute Gasteiger partial charge is 0.338 e. The highest BCUT2D eigenvalue weighted by Crippen LogP contribution is 2.18. The van der Waals surface area contributed by atoms with E-state index in [1.54, 1.807) is 6.92 Å². The van der Waals surface area contributed by atoms with E-state index in [1.165, 1.54) is 12.2 Å². The molecular weight excluding hydrogens is 168 g/mol. The van der Waals surface area contributed by atoms with E-state index in [0.717, 1.165) is 0 Å². The lowest BCUT2D eigenvalue weighted by atomic mass is 9.96. The van der Waals surface area contributed by atoms with E-state index in [2.05, 4.69) is 13.2 Å². The lowest BCUT2D eigenvalue weighted by molar-refractivity contribution is -0.164. The van der Waals surface area contributed by atoms with Gasteiger partial charge in [-0.3, -0.25) is 0 Å². The number of carbonyl (C=O) groups excluding carboxylic acids is 1. The number of hydrogen-bond acceptors (Lipinski definition) is 3. The molecule has 0 aromatic heterocycles. The Morgan fingerprint density at radius 1 is 1.46 bits per heavy atom. The number of carbonyl (C=O) groups is 1. The fourth-order valence-corrected chi connectivity index (χ4v) is 0.993. The molecule has 0 aliphatic carbocycles. The highest BCUT2D eigenvalue weighted by molar-refractivity contribution is 5.79. The van der Waals surface area contributed by atoms with Crippen LogP contribution in [0.4, 0.5) is 0 Å². The molecule has 0 heterocycles. The van der Waals surface area contributed by atoms with Gasteiger partial charge in [0, 0.05) is 12.8 Å². The Bertz CT molecular complexity index is 186. The number of hydrogen-bond donors (Lipinski definition) is 1. The summed E-state index contributed by atoms with van der Waals surface area (Å²) in [6.45, 7) is 8.89. The summed E-state index contributed by atoms with van der Waals surface area (Å²) < 4.78 is 4.73. The normalized spacial score (nSPS) is 10.6. The molecule has 3 heteroatoms. The van der Waals surface area contributed by atoms with Crippen LogP contribution in [0.15, 0.2) is 25.3 Å². The van der Waals surface area contributed by atoms with Gasteiger partial charge in [0.25, 0.3) is 0 Å². The topological polar surface area (TPSA) is 46.5 Å². The molecule has 0 aliphatic rings. The molecule has 0 saturated heterocycles. The first-order chi connectivity index (χ1) is 6.10. The van der Waals surface area contributed by atoms with Crippen LogP contribution in [0.5, 0.6) is 0 Å². The fourth-order valence-electron chi connectivity index (χ4n) is 0.993.